The monoisotopic (exact) mass is 166 g/mol. The zero-order valence-electron chi connectivity index (χ0n) is 6.11. The average molecular weight is 167 g/mol. The Morgan fingerprint density at radius 3 is 1.90 bits per heavy atom. The normalized spacial score (nSPS) is 26.7. The van der Waals surface area contributed by atoms with E-state index in [1.807, 2.05) is 0 Å². The van der Waals surface area contributed by atoms with Crippen molar-refractivity contribution < 1.29 is 4.74 Å². The zero-order valence-corrected chi connectivity index (χ0v) is 6.86. The van der Waals surface area contributed by atoms with Gasteiger partial charge in [0.05, 0.1) is 18.6 Å². The molecule has 10 heavy (non-hydrogen) atoms. The van der Waals surface area contributed by atoms with Gasteiger partial charge in [-0.25, -0.2) is 0 Å². The first-order valence-electron chi connectivity index (χ1n) is 3.32. The highest BCUT2D eigenvalue weighted by Gasteiger charge is 2.19. The molecule has 2 saturated heterocycles. The molecule has 0 radical (unpaired) electrons. The SMILES string of the molecule is C1CNC1.ClCC1CO1.N. The minimum Gasteiger partial charge on any atom is -0.372 e. The van der Waals surface area contributed by atoms with Crippen LogP contribution < -0.4 is 11.5 Å². The molecule has 0 aromatic carbocycles. The van der Waals surface area contributed by atoms with Crippen LogP contribution in [-0.4, -0.2) is 31.7 Å². The lowest BCUT2D eigenvalue weighted by molar-refractivity contribution is 0.425. The van der Waals surface area contributed by atoms with Gasteiger partial charge in [-0.2, -0.15) is 0 Å². The molecule has 2 fully saturated rings. The summed E-state index contributed by atoms with van der Waals surface area (Å²) in [6, 6.07) is 0. The predicted molar refractivity (Wildman–Crippen MR) is 43.0 cm³/mol. The number of rotatable bonds is 1. The molecule has 4 N–H and O–H groups in total. The fourth-order valence-corrected chi connectivity index (χ4v) is 0.512. The Kier molecular flexibility index (Phi) is 6.02. The van der Waals surface area contributed by atoms with E-state index in [2.05, 4.69) is 5.32 Å². The lowest BCUT2D eigenvalue weighted by atomic mass is 10.3. The second-order valence-corrected chi connectivity index (χ2v) is 2.52. The van der Waals surface area contributed by atoms with Gasteiger partial charge in [-0.05, 0) is 19.5 Å². The number of epoxide rings is 1. The molecule has 1 unspecified atom stereocenters. The maximum Gasteiger partial charge on any atom is 0.0944 e. The average Bonchev–Trinajstić information content (AvgIpc) is 2.39. The lowest BCUT2D eigenvalue weighted by Crippen LogP contribution is -2.29. The van der Waals surface area contributed by atoms with Crippen molar-refractivity contribution in [2.24, 2.45) is 0 Å². The van der Waals surface area contributed by atoms with E-state index in [0.29, 0.717) is 12.0 Å². The van der Waals surface area contributed by atoms with Gasteiger partial charge in [-0.15, -0.1) is 11.6 Å². The summed E-state index contributed by atoms with van der Waals surface area (Å²) in [5.74, 6) is 0.667. The highest BCUT2D eigenvalue weighted by atomic mass is 35.5. The Labute approximate surface area is 66.7 Å². The third-order valence-corrected chi connectivity index (χ3v) is 1.63. The largest absolute Gasteiger partial charge is 0.372 e. The van der Waals surface area contributed by atoms with Crippen LogP contribution in [0.1, 0.15) is 6.42 Å². The fourth-order valence-electron chi connectivity index (χ4n) is 0.334. The van der Waals surface area contributed by atoms with Crippen LogP contribution in [0.15, 0.2) is 0 Å². The van der Waals surface area contributed by atoms with Gasteiger partial charge in [0, 0.05) is 0 Å². The van der Waals surface area contributed by atoms with Crippen molar-refractivity contribution in [3.05, 3.63) is 0 Å². The second kappa shape index (κ2) is 5.92. The van der Waals surface area contributed by atoms with E-state index in [4.69, 9.17) is 16.3 Å². The summed E-state index contributed by atoms with van der Waals surface area (Å²) in [6.45, 7) is 3.38. The van der Waals surface area contributed by atoms with Crippen molar-refractivity contribution in [1.82, 2.24) is 11.5 Å². The Morgan fingerprint density at radius 1 is 1.50 bits per heavy atom. The molecule has 0 spiro atoms. The lowest BCUT2D eigenvalue weighted by Gasteiger charge is -2.09. The first-order valence-corrected chi connectivity index (χ1v) is 3.85. The molecule has 0 aliphatic carbocycles. The molecule has 0 aromatic rings. The van der Waals surface area contributed by atoms with Crippen molar-refractivity contribution in [1.29, 1.82) is 0 Å². The highest BCUT2D eigenvalue weighted by molar-refractivity contribution is 6.18. The van der Waals surface area contributed by atoms with Crippen LogP contribution in [-0.2, 0) is 4.74 Å². The number of hydrogen-bond acceptors (Lipinski definition) is 3. The van der Waals surface area contributed by atoms with Gasteiger partial charge in [-0.1, -0.05) is 0 Å². The third kappa shape index (κ3) is 4.99. The minimum absolute atomic E-state index is 0. The summed E-state index contributed by atoms with van der Waals surface area (Å²) in [5.41, 5.74) is 0. The summed E-state index contributed by atoms with van der Waals surface area (Å²) < 4.78 is 4.73. The second-order valence-electron chi connectivity index (χ2n) is 2.21. The Morgan fingerprint density at radius 2 is 1.90 bits per heavy atom. The van der Waals surface area contributed by atoms with Crippen LogP contribution in [0.5, 0.6) is 0 Å². The van der Waals surface area contributed by atoms with Crippen molar-refractivity contribution in [2.75, 3.05) is 25.6 Å². The zero-order chi connectivity index (χ0) is 6.53. The minimum atomic E-state index is 0. The molecule has 2 heterocycles. The Bertz CT molecular complexity index is 70.1. The molecule has 2 aliphatic heterocycles. The van der Waals surface area contributed by atoms with Gasteiger partial charge in [-0.3, -0.25) is 0 Å². The Balaban J connectivity index is 0.000000150. The molecule has 2 aliphatic rings. The molecule has 0 bridgehead atoms. The number of ether oxygens (including phenoxy) is 1. The van der Waals surface area contributed by atoms with E-state index in [1.165, 1.54) is 19.5 Å². The molecular formula is C6H15ClN2O. The van der Waals surface area contributed by atoms with Crippen molar-refractivity contribution >= 4 is 11.6 Å². The fraction of sp³-hybridized carbons (Fsp3) is 1.00. The van der Waals surface area contributed by atoms with Crippen LogP contribution >= 0.6 is 11.6 Å². The van der Waals surface area contributed by atoms with Crippen molar-refractivity contribution in [3.8, 4) is 0 Å². The summed E-state index contributed by atoms with van der Waals surface area (Å²) in [6.07, 6.45) is 1.79. The molecule has 62 valence electrons. The standard InChI is InChI=1S/C3H5ClO.C3H7N.H3N/c4-1-3-2-5-3;1-2-4-3-1;/h3H,1-2H2;4H,1-3H2;1H3. The van der Waals surface area contributed by atoms with E-state index in [9.17, 15) is 0 Å². The molecule has 0 saturated carbocycles. The van der Waals surface area contributed by atoms with Gasteiger partial charge in [0.25, 0.3) is 0 Å². The van der Waals surface area contributed by atoms with Crippen LogP contribution in [0.25, 0.3) is 0 Å². The summed E-state index contributed by atoms with van der Waals surface area (Å²) in [7, 11) is 0. The topological polar surface area (TPSA) is 59.6 Å². The molecular weight excluding hydrogens is 152 g/mol. The van der Waals surface area contributed by atoms with E-state index >= 15 is 0 Å². The van der Waals surface area contributed by atoms with Crippen LogP contribution in [0.3, 0.4) is 0 Å². The first kappa shape index (κ1) is 10.2. The Hall–Kier alpha value is 0.170. The van der Waals surface area contributed by atoms with Gasteiger partial charge in [0.2, 0.25) is 0 Å². The first-order chi connectivity index (χ1) is 4.43. The molecule has 4 heteroatoms. The van der Waals surface area contributed by atoms with Crippen LogP contribution in [0.4, 0.5) is 0 Å². The number of hydrogen-bond donors (Lipinski definition) is 2. The van der Waals surface area contributed by atoms with Gasteiger partial charge in [0.15, 0.2) is 0 Å². The van der Waals surface area contributed by atoms with Crippen LogP contribution in [0, 0.1) is 0 Å². The highest BCUT2D eigenvalue weighted by Crippen LogP contribution is 2.08. The van der Waals surface area contributed by atoms with E-state index < -0.39 is 0 Å². The molecule has 3 nitrogen and oxygen atoms in total. The molecule has 0 aromatic heterocycles. The number of nitrogens with one attached hydrogen (secondary N) is 1. The van der Waals surface area contributed by atoms with Gasteiger partial charge < -0.3 is 16.2 Å². The van der Waals surface area contributed by atoms with Crippen LogP contribution in [0.2, 0.25) is 0 Å². The molecule has 1 atom stereocenters. The summed E-state index contributed by atoms with van der Waals surface area (Å²) >= 11 is 5.27. The van der Waals surface area contributed by atoms with Gasteiger partial charge >= 0.3 is 0 Å². The van der Waals surface area contributed by atoms with Crippen molar-refractivity contribution in [2.45, 2.75) is 12.5 Å². The molecule has 0 amide bonds. The third-order valence-electron chi connectivity index (χ3n) is 1.28. The van der Waals surface area contributed by atoms with Gasteiger partial charge in [0.1, 0.15) is 0 Å². The number of halogens is 1. The van der Waals surface area contributed by atoms with E-state index in [1.54, 1.807) is 0 Å². The predicted octanol–water partition coefficient (Wildman–Crippen LogP) is 0.766. The quantitative estimate of drug-likeness (QED) is 0.447. The van der Waals surface area contributed by atoms with E-state index in [-0.39, 0.29) is 6.15 Å². The maximum absolute atomic E-state index is 5.27. The van der Waals surface area contributed by atoms with E-state index in [0.717, 1.165) is 6.61 Å². The molecule has 2 rings (SSSR count). The van der Waals surface area contributed by atoms with Crippen molar-refractivity contribution in [3.63, 3.8) is 0 Å². The number of alkyl halides is 1. The smallest absolute Gasteiger partial charge is 0.0944 e. The summed E-state index contributed by atoms with van der Waals surface area (Å²) in [5, 5.41) is 3.11. The maximum atomic E-state index is 5.27. The summed E-state index contributed by atoms with van der Waals surface area (Å²) in [4.78, 5) is 0.